The van der Waals surface area contributed by atoms with Crippen molar-refractivity contribution < 1.29 is 0 Å². The van der Waals surface area contributed by atoms with Crippen LogP contribution in [-0.2, 0) is 13.0 Å². The van der Waals surface area contributed by atoms with Crippen molar-refractivity contribution in [2.45, 2.75) is 50.6 Å². The van der Waals surface area contributed by atoms with Crippen LogP contribution < -0.4 is 0 Å². The first kappa shape index (κ1) is 17.8. The number of piperidine rings is 1. The van der Waals surface area contributed by atoms with Crippen LogP contribution in [0.3, 0.4) is 0 Å². The van der Waals surface area contributed by atoms with Gasteiger partial charge in [0, 0.05) is 18.6 Å². The van der Waals surface area contributed by atoms with Gasteiger partial charge in [0.15, 0.2) is 0 Å². The molecule has 2 aliphatic heterocycles. The summed E-state index contributed by atoms with van der Waals surface area (Å²) in [4.78, 5) is 5.54. The van der Waals surface area contributed by atoms with E-state index in [0.717, 1.165) is 6.54 Å². The van der Waals surface area contributed by atoms with E-state index in [9.17, 15) is 0 Å². The molecule has 0 radical (unpaired) electrons. The second-order valence-corrected chi connectivity index (χ2v) is 8.20. The largest absolute Gasteiger partial charge is 0.297 e. The fraction of sp³-hybridized carbons (Fsp3) is 0.500. The van der Waals surface area contributed by atoms with Crippen LogP contribution >= 0.6 is 0 Å². The standard InChI is InChI=1S/C24H32N2/c1-3-10-22(11-4-1)14-7-18-26-19-9-16-24(26)15-8-17-25(21-24)20-23-12-5-2-6-13-23/h1-6,10-13H,7-9,14-21H2. The number of hydrogen-bond acceptors (Lipinski definition) is 2. The Hall–Kier alpha value is -1.64. The molecule has 4 rings (SSSR count). The highest BCUT2D eigenvalue weighted by atomic mass is 15.3. The minimum absolute atomic E-state index is 0.448. The van der Waals surface area contributed by atoms with E-state index < -0.39 is 0 Å². The van der Waals surface area contributed by atoms with Crippen molar-refractivity contribution in [3.05, 3.63) is 71.8 Å². The normalized spacial score (nSPS) is 24.3. The quantitative estimate of drug-likeness (QED) is 0.743. The SMILES string of the molecule is c1ccc(CCCN2CCCC23CCCN(Cc2ccccc2)C3)cc1. The Morgan fingerprint density at radius 1 is 0.769 bits per heavy atom. The lowest BCUT2D eigenvalue weighted by Crippen LogP contribution is -2.55. The van der Waals surface area contributed by atoms with Crippen molar-refractivity contribution in [2.24, 2.45) is 0 Å². The molecule has 138 valence electrons. The Morgan fingerprint density at radius 3 is 2.15 bits per heavy atom. The van der Waals surface area contributed by atoms with Crippen LogP contribution in [0.2, 0.25) is 0 Å². The smallest absolute Gasteiger partial charge is 0.0337 e. The summed E-state index contributed by atoms with van der Waals surface area (Å²) in [5, 5.41) is 0. The molecule has 2 aromatic carbocycles. The van der Waals surface area contributed by atoms with Gasteiger partial charge in [0.1, 0.15) is 0 Å². The highest BCUT2D eigenvalue weighted by Crippen LogP contribution is 2.37. The van der Waals surface area contributed by atoms with Crippen molar-refractivity contribution in [1.82, 2.24) is 9.80 Å². The molecule has 2 saturated heterocycles. The van der Waals surface area contributed by atoms with Crippen LogP contribution in [0.4, 0.5) is 0 Å². The van der Waals surface area contributed by atoms with Crippen LogP contribution in [0.5, 0.6) is 0 Å². The molecule has 26 heavy (non-hydrogen) atoms. The first-order chi connectivity index (χ1) is 12.8. The second kappa shape index (κ2) is 8.37. The summed E-state index contributed by atoms with van der Waals surface area (Å²) < 4.78 is 0. The van der Waals surface area contributed by atoms with E-state index in [1.807, 2.05) is 0 Å². The van der Waals surface area contributed by atoms with E-state index in [1.165, 1.54) is 75.8 Å². The molecule has 2 nitrogen and oxygen atoms in total. The molecular weight excluding hydrogens is 316 g/mol. The molecular formula is C24H32N2. The summed E-state index contributed by atoms with van der Waals surface area (Å²) in [6, 6.07) is 22.0. The summed E-state index contributed by atoms with van der Waals surface area (Å²) in [6.07, 6.45) is 8.01. The third kappa shape index (κ3) is 4.19. The van der Waals surface area contributed by atoms with Gasteiger partial charge in [-0.15, -0.1) is 0 Å². The third-order valence-corrected chi connectivity index (χ3v) is 6.36. The van der Waals surface area contributed by atoms with E-state index in [-0.39, 0.29) is 0 Å². The van der Waals surface area contributed by atoms with Crippen LogP contribution in [0.15, 0.2) is 60.7 Å². The zero-order chi connectivity index (χ0) is 17.7. The average Bonchev–Trinajstić information content (AvgIpc) is 3.05. The summed E-state index contributed by atoms with van der Waals surface area (Å²) in [6.45, 7) is 6.18. The van der Waals surface area contributed by atoms with Crippen LogP contribution in [0.25, 0.3) is 0 Å². The molecule has 0 saturated carbocycles. The number of likely N-dealkylation sites (tertiary alicyclic amines) is 2. The molecule has 0 aliphatic carbocycles. The monoisotopic (exact) mass is 348 g/mol. The molecule has 0 aromatic heterocycles. The number of aryl methyl sites for hydroxylation is 1. The van der Waals surface area contributed by atoms with Gasteiger partial charge in [-0.2, -0.15) is 0 Å². The predicted octanol–water partition coefficient (Wildman–Crippen LogP) is 4.75. The molecule has 1 spiro atoms. The fourth-order valence-corrected chi connectivity index (χ4v) is 5.11. The molecule has 0 N–H and O–H groups in total. The van der Waals surface area contributed by atoms with E-state index >= 15 is 0 Å². The summed E-state index contributed by atoms with van der Waals surface area (Å²) >= 11 is 0. The maximum atomic E-state index is 2.84. The Morgan fingerprint density at radius 2 is 1.42 bits per heavy atom. The maximum Gasteiger partial charge on any atom is 0.0337 e. The van der Waals surface area contributed by atoms with Crippen LogP contribution in [0, 0.1) is 0 Å². The molecule has 2 aromatic rings. The molecule has 0 amide bonds. The van der Waals surface area contributed by atoms with Gasteiger partial charge < -0.3 is 0 Å². The summed E-state index contributed by atoms with van der Waals surface area (Å²) in [7, 11) is 0. The lowest BCUT2D eigenvalue weighted by atomic mass is 9.86. The number of benzene rings is 2. The van der Waals surface area contributed by atoms with Gasteiger partial charge in [-0.05, 0) is 69.3 Å². The predicted molar refractivity (Wildman–Crippen MR) is 109 cm³/mol. The third-order valence-electron chi connectivity index (χ3n) is 6.36. The summed E-state index contributed by atoms with van der Waals surface area (Å²) in [5.74, 6) is 0. The highest BCUT2D eigenvalue weighted by Gasteiger charge is 2.43. The van der Waals surface area contributed by atoms with Gasteiger partial charge in [0.05, 0.1) is 0 Å². The van der Waals surface area contributed by atoms with Gasteiger partial charge in [-0.1, -0.05) is 60.7 Å². The molecule has 2 heterocycles. The zero-order valence-corrected chi connectivity index (χ0v) is 15.9. The molecule has 2 heteroatoms. The average molecular weight is 349 g/mol. The molecule has 1 unspecified atom stereocenters. The van der Waals surface area contributed by atoms with E-state index in [4.69, 9.17) is 0 Å². The lowest BCUT2D eigenvalue weighted by Gasteiger charge is -2.46. The van der Waals surface area contributed by atoms with Crippen molar-refractivity contribution in [3.63, 3.8) is 0 Å². The van der Waals surface area contributed by atoms with Gasteiger partial charge in [-0.25, -0.2) is 0 Å². The van der Waals surface area contributed by atoms with Gasteiger partial charge in [0.2, 0.25) is 0 Å². The molecule has 1 atom stereocenters. The van der Waals surface area contributed by atoms with Crippen molar-refractivity contribution in [2.75, 3.05) is 26.2 Å². The number of nitrogens with zero attached hydrogens (tertiary/aromatic N) is 2. The topological polar surface area (TPSA) is 6.48 Å². The first-order valence-corrected chi connectivity index (χ1v) is 10.4. The number of hydrogen-bond donors (Lipinski definition) is 0. The van der Waals surface area contributed by atoms with E-state index in [1.54, 1.807) is 0 Å². The Balaban J connectivity index is 1.34. The van der Waals surface area contributed by atoms with Crippen LogP contribution in [0.1, 0.15) is 43.2 Å². The molecule has 2 fully saturated rings. The molecule has 0 bridgehead atoms. The second-order valence-electron chi connectivity index (χ2n) is 8.20. The van der Waals surface area contributed by atoms with Crippen LogP contribution in [-0.4, -0.2) is 41.5 Å². The zero-order valence-electron chi connectivity index (χ0n) is 15.9. The Labute approximate surface area is 158 Å². The van der Waals surface area contributed by atoms with E-state index in [2.05, 4.69) is 70.5 Å². The van der Waals surface area contributed by atoms with Crippen molar-refractivity contribution in [3.8, 4) is 0 Å². The van der Waals surface area contributed by atoms with Gasteiger partial charge in [-0.3, -0.25) is 9.80 Å². The van der Waals surface area contributed by atoms with Gasteiger partial charge in [0.25, 0.3) is 0 Å². The number of rotatable bonds is 6. The molecule has 2 aliphatic rings. The Bertz CT molecular complexity index is 669. The van der Waals surface area contributed by atoms with Crippen molar-refractivity contribution >= 4 is 0 Å². The Kier molecular flexibility index (Phi) is 5.72. The maximum absolute atomic E-state index is 2.84. The minimum atomic E-state index is 0.448. The van der Waals surface area contributed by atoms with Gasteiger partial charge >= 0.3 is 0 Å². The van der Waals surface area contributed by atoms with E-state index in [0.29, 0.717) is 5.54 Å². The fourth-order valence-electron chi connectivity index (χ4n) is 5.11. The van der Waals surface area contributed by atoms with Crippen molar-refractivity contribution in [1.29, 1.82) is 0 Å². The summed E-state index contributed by atoms with van der Waals surface area (Å²) in [5.41, 5.74) is 3.39. The minimum Gasteiger partial charge on any atom is -0.297 e. The lowest BCUT2D eigenvalue weighted by molar-refractivity contribution is 0.0371. The highest BCUT2D eigenvalue weighted by molar-refractivity contribution is 5.16. The first-order valence-electron chi connectivity index (χ1n) is 10.4.